The molecule has 122 valence electrons. The fourth-order valence-electron chi connectivity index (χ4n) is 1.67. The third-order valence-electron chi connectivity index (χ3n) is 3.09. The van der Waals surface area contributed by atoms with E-state index in [-0.39, 0.29) is 11.5 Å². The predicted molar refractivity (Wildman–Crippen MR) is 90.0 cm³/mol. The Kier molecular flexibility index (Phi) is 5.85. The molecule has 0 aliphatic rings. The van der Waals surface area contributed by atoms with Gasteiger partial charge in [-0.3, -0.25) is 9.78 Å². The molecule has 1 heterocycles. The Morgan fingerprint density at radius 3 is 2.70 bits per heavy atom. The molecule has 7 heteroatoms. The van der Waals surface area contributed by atoms with Gasteiger partial charge in [0.2, 0.25) is 5.95 Å². The lowest BCUT2D eigenvalue weighted by molar-refractivity contribution is 0.289. The summed E-state index contributed by atoms with van der Waals surface area (Å²) in [4.78, 5) is 13.9. The molecule has 2 rings (SSSR count). The predicted octanol–water partition coefficient (Wildman–Crippen LogP) is 2.34. The minimum absolute atomic E-state index is 0.200. The largest absolute Gasteiger partial charge is 0.494 e. The molecule has 0 amide bonds. The Bertz CT molecular complexity index is 707. The quantitative estimate of drug-likeness (QED) is 0.604. The van der Waals surface area contributed by atoms with Crippen molar-refractivity contribution in [3.05, 3.63) is 45.9 Å². The van der Waals surface area contributed by atoms with Crippen LogP contribution in [0.2, 0.25) is 0 Å². The van der Waals surface area contributed by atoms with E-state index in [2.05, 4.69) is 39.6 Å². The summed E-state index contributed by atoms with van der Waals surface area (Å²) in [7, 11) is 0. The molecule has 0 fully saturated rings. The third kappa shape index (κ3) is 5.54. The number of nitrogens with zero attached hydrogens (tertiary/aromatic N) is 3. The number of aromatic amines is 1. The Hall–Kier alpha value is -2.70. The molecule has 0 radical (unpaired) electrons. The van der Waals surface area contributed by atoms with Gasteiger partial charge in [0.05, 0.1) is 12.8 Å². The van der Waals surface area contributed by atoms with Crippen molar-refractivity contribution in [2.24, 2.45) is 11.0 Å². The number of anilines is 1. The van der Waals surface area contributed by atoms with Crippen LogP contribution in [0.5, 0.6) is 5.75 Å². The van der Waals surface area contributed by atoms with Gasteiger partial charge in [-0.1, -0.05) is 13.8 Å². The maximum Gasteiger partial charge on any atom is 0.274 e. The zero-order chi connectivity index (χ0) is 16.7. The molecule has 0 spiro atoms. The maximum absolute atomic E-state index is 11.4. The van der Waals surface area contributed by atoms with Crippen molar-refractivity contribution in [2.75, 3.05) is 12.0 Å². The van der Waals surface area contributed by atoms with Gasteiger partial charge in [-0.05, 0) is 49.1 Å². The van der Waals surface area contributed by atoms with Crippen molar-refractivity contribution in [1.29, 1.82) is 0 Å². The van der Waals surface area contributed by atoms with Crippen molar-refractivity contribution < 1.29 is 4.74 Å². The summed E-state index contributed by atoms with van der Waals surface area (Å²) >= 11 is 0. The van der Waals surface area contributed by atoms with Crippen LogP contribution in [0.25, 0.3) is 0 Å². The Labute approximate surface area is 134 Å². The summed E-state index contributed by atoms with van der Waals surface area (Å²) in [5, 5.41) is 11.5. The van der Waals surface area contributed by atoms with Crippen LogP contribution in [0.4, 0.5) is 5.95 Å². The first-order chi connectivity index (χ1) is 11.0. The highest BCUT2D eigenvalue weighted by atomic mass is 16.5. The van der Waals surface area contributed by atoms with Crippen LogP contribution >= 0.6 is 0 Å². The molecule has 2 N–H and O–H groups in total. The average molecular weight is 315 g/mol. The van der Waals surface area contributed by atoms with E-state index >= 15 is 0 Å². The van der Waals surface area contributed by atoms with Gasteiger partial charge in [0.15, 0.2) is 0 Å². The summed E-state index contributed by atoms with van der Waals surface area (Å²) in [6, 6.07) is 7.60. The van der Waals surface area contributed by atoms with Crippen molar-refractivity contribution in [2.45, 2.75) is 27.2 Å². The lowest BCUT2D eigenvalue weighted by atomic mass is 10.1. The lowest BCUT2D eigenvalue weighted by Crippen LogP contribution is -2.15. The van der Waals surface area contributed by atoms with Gasteiger partial charge in [0.25, 0.3) is 5.56 Å². The first kappa shape index (κ1) is 16.7. The van der Waals surface area contributed by atoms with Gasteiger partial charge in [-0.25, -0.2) is 5.43 Å². The molecule has 0 aliphatic heterocycles. The first-order valence-electron chi connectivity index (χ1n) is 7.50. The minimum Gasteiger partial charge on any atom is -0.494 e. The topological polar surface area (TPSA) is 92.3 Å². The second-order valence-electron chi connectivity index (χ2n) is 5.56. The maximum atomic E-state index is 11.4. The van der Waals surface area contributed by atoms with Crippen molar-refractivity contribution >= 4 is 12.2 Å². The minimum atomic E-state index is -0.291. The van der Waals surface area contributed by atoms with E-state index in [0.29, 0.717) is 18.2 Å². The van der Waals surface area contributed by atoms with E-state index < -0.39 is 0 Å². The van der Waals surface area contributed by atoms with Gasteiger partial charge in [0.1, 0.15) is 11.4 Å². The number of H-pyrrole nitrogens is 1. The number of rotatable bonds is 7. The number of hydrogen-bond donors (Lipinski definition) is 2. The van der Waals surface area contributed by atoms with Crippen LogP contribution in [-0.4, -0.2) is 28.0 Å². The Morgan fingerprint density at radius 2 is 2.04 bits per heavy atom. The molecule has 0 bridgehead atoms. The molecular weight excluding hydrogens is 294 g/mol. The number of aromatic nitrogens is 3. The highest BCUT2D eigenvalue weighted by Crippen LogP contribution is 2.12. The fraction of sp³-hybridized carbons (Fsp3) is 0.375. The second kappa shape index (κ2) is 8.07. The van der Waals surface area contributed by atoms with Crippen LogP contribution < -0.4 is 15.7 Å². The van der Waals surface area contributed by atoms with E-state index in [1.54, 1.807) is 13.1 Å². The molecule has 1 aromatic heterocycles. The molecule has 0 saturated carbocycles. The van der Waals surface area contributed by atoms with Crippen LogP contribution in [-0.2, 0) is 0 Å². The van der Waals surface area contributed by atoms with E-state index in [4.69, 9.17) is 4.74 Å². The molecule has 2 aromatic rings. The number of ether oxygens (including phenoxy) is 1. The summed E-state index contributed by atoms with van der Waals surface area (Å²) in [6.45, 7) is 6.64. The van der Waals surface area contributed by atoms with Gasteiger partial charge >= 0.3 is 0 Å². The van der Waals surface area contributed by atoms with Crippen molar-refractivity contribution in [1.82, 2.24) is 15.2 Å². The molecule has 7 nitrogen and oxygen atoms in total. The smallest absolute Gasteiger partial charge is 0.274 e. The van der Waals surface area contributed by atoms with Crippen LogP contribution in [0.15, 0.2) is 34.2 Å². The Morgan fingerprint density at radius 1 is 1.30 bits per heavy atom. The van der Waals surface area contributed by atoms with E-state index in [9.17, 15) is 4.79 Å². The Balaban J connectivity index is 1.87. The van der Waals surface area contributed by atoms with E-state index in [0.717, 1.165) is 17.7 Å². The van der Waals surface area contributed by atoms with Crippen LogP contribution in [0.1, 0.15) is 31.5 Å². The lowest BCUT2D eigenvalue weighted by Gasteiger charge is -2.07. The monoisotopic (exact) mass is 315 g/mol. The SMILES string of the molecule is Cc1nnc(N/N=C\c2ccc(OCCC(C)C)cc2)[nH]c1=O. The second-order valence-corrected chi connectivity index (χ2v) is 5.56. The molecule has 23 heavy (non-hydrogen) atoms. The van der Waals surface area contributed by atoms with Crippen LogP contribution in [0, 0.1) is 12.8 Å². The zero-order valence-electron chi connectivity index (χ0n) is 13.5. The molecule has 0 saturated heterocycles. The van der Waals surface area contributed by atoms with Crippen molar-refractivity contribution in [3.63, 3.8) is 0 Å². The number of benzene rings is 1. The number of nitrogens with one attached hydrogen (secondary N) is 2. The van der Waals surface area contributed by atoms with Crippen LogP contribution in [0.3, 0.4) is 0 Å². The average Bonchev–Trinajstić information content (AvgIpc) is 2.52. The first-order valence-corrected chi connectivity index (χ1v) is 7.50. The summed E-state index contributed by atoms with van der Waals surface area (Å²) < 4.78 is 5.65. The standard InChI is InChI=1S/C16H21N5O2/c1-11(2)8-9-23-14-6-4-13(5-7-14)10-17-20-16-18-15(22)12(3)19-21-16/h4-7,10-11H,8-9H2,1-3H3,(H2,18,20,21,22)/b17-10-. The number of hydrazone groups is 1. The fourth-order valence-corrected chi connectivity index (χ4v) is 1.67. The zero-order valence-corrected chi connectivity index (χ0v) is 13.5. The third-order valence-corrected chi connectivity index (χ3v) is 3.09. The number of hydrogen-bond acceptors (Lipinski definition) is 6. The van der Waals surface area contributed by atoms with Gasteiger partial charge in [-0.15, -0.1) is 10.2 Å². The number of aryl methyl sites for hydroxylation is 1. The normalized spacial score (nSPS) is 11.1. The molecule has 0 unspecified atom stereocenters. The molecule has 0 atom stereocenters. The van der Waals surface area contributed by atoms with E-state index in [1.165, 1.54) is 0 Å². The van der Waals surface area contributed by atoms with Gasteiger partial charge in [-0.2, -0.15) is 5.10 Å². The molecule has 0 aliphatic carbocycles. The summed E-state index contributed by atoms with van der Waals surface area (Å²) in [5.41, 5.74) is 3.55. The molecule has 1 aromatic carbocycles. The molecular formula is C16H21N5O2. The van der Waals surface area contributed by atoms with Gasteiger partial charge < -0.3 is 4.74 Å². The highest BCUT2D eigenvalue weighted by Gasteiger charge is 1.98. The van der Waals surface area contributed by atoms with E-state index in [1.807, 2.05) is 24.3 Å². The summed E-state index contributed by atoms with van der Waals surface area (Å²) in [5.74, 6) is 1.67. The van der Waals surface area contributed by atoms with Gasteiger partial charge in [0, 0.05) is 0 Å². The summed E-state index contributed by atoms with van der Waals surface area (Å²) in [6.07, 6.45) is 2.65. The highest BCUT2D eigenvalue weighted by molar-refractivity contribution is 5.80. The van der Waals surface area contributed by atoms with Crippen molar-refractivity contribution in [3.8, 4) is 5.75 Å².